The quantitative estimate of drug-likeness (QED) is 0.555. The summed E-state index contributed by atoms with van der Waals surface area (Å²) in [6.45, 7) is 3.83. The predicted molar refractivity (Wildman–Crippen MR) is 85.2 cm³/mol. The van der Waals surface area contributed by atoms with E-state index in [1.807, 2.05) is 0 Å². The van der Waals surface area contributed by atoms with Crippen LogP contribution in [0.15, 0.2) is 12.7 Å². The van der Waals surface area contributed by atoms with E-state index < -0.39 is 0 Å². The van der Waals surface area contributed by atoms with Crippen molar-refractivity contribution in [3.8, 4) is 6.07 Å². The predicted octanol–water partition coefficient (Wildman–Crippen LogP) is 5.87. The first kappa shape index (κ1) is 15.6. The highest BCUT2D eigenvalue weighted by Crippen LogP contribution is 2.37. The van der Waals surface area contributed by atoms with Crippen LogP contribution in [0.2, 0.25) is 0 Å². The topological polar surface area (TPSA) is 23.8 Å². The third kappa shape index (κ3) is 4.97. The maximum atomic E-state index is 8.94. The fraction of sp³-hybridized carbons (Fsp3) is 0.842. The molecule has 2 aliphatic carbocycles. The summed E-state index contributed by atoms with van der Waals surface area (Å²) in [5.74, 6) is 3.28. The first-order valence-electron chi connectivity index (χ1n) is 8.82. The Morgan fingerprint density at radius 2 is 1.25 bits per heavy atom. The molecule has 0 amide bonds. The van der Waals surface area contributed by atoms with Gasteiger partial charge in [0, 0.05) is 5.92 Å². The van der Waals surface area contributed by atoms with Gasteiger partial charge in [0.05, 0.1) is 6.07 Å². The zero-order valence-corrected chi connectivity index (χ0v) is 13.0. The molecular weight excluding hydrogens is 242 g/mol. The molecule has 2 fully saturated rings. The van der Waals surface area contributed by atoms with E-state index in [2.05, 4.69) is 18.7 Å². The van der Waals surface area contributed by atoms with Gasteiger partial charge in [0.25, 0.3) is 0 Å². The Bertz CT molecular complexity index is 311. The lowest BCUT2D eigenvalue weighted by molar-refractivity contribution is 0.223. The Balaban J connectivity index is 1.57. The fourth-order valence-corrected chi connectivity index (χ4v) is 4.21. The summed E-state index contributed by atoms with van der Waals surface area (Å²) in [6.07, 6.45) is 18.3. The lowest BCUT2D eigenvalue weighted by Gasteiger charge is -2.30. The molecule has 0 unspecified atom stereocenters. The molecule has 20 heavy (non-hydrogen) atoms. The van der Waals surface area contributed by atoms with E-state index in [1.165, 1.54) is 64.2 Å². The Morgan fingerprint density at radius 3 is 1.70 bits per heavy atom. The van der Waals surface area contributed by atoms with Crippen LogP contribution in [0, 0.1) is 35.0 Å². The van der Waals surface area contributed by atoms with Crippen molar-refractivity contribution in [3.63, 3.8) is 0 Å². The zero-order chi connectivity index (χ0) is 14.2. The van der Waals surface area contributed by atoms with Gasteiger partial charge in [-0.15, -0.1) is 6.58 Å². The van der Waals surface area contributed by atoms with Crippen LogP contribution in [0.25, 0.3) is 0 Å². The van der Waals surface area contributed by atoms with Gasteiger partial charge in [0.2, 0.25) is 0 Å². The number of nitriles is 1. The van der Waals surface area contributed by atoms with E-state index in [0.717, 1.165) is 30.6 Å². The molecule has 112 valence electrons. The molecule has 2 aliphatic rings. The summed E-state index contributed by atoms with van der Waals surface area (Å²) in [4.78, 5) is 0. The van der Waals surface area contributed by atoms with Crippen molar-refractivity contribution in [2.45, 2.75) is 77.0 Å². The smallest absolute Gasteiger partial charge is 0.0655 e. The monoisotopic (exact) mass is 273 g/mol. The Morgan fingerprint density at radius 1 is 0.800 bits per heavy atom. The molecule has 1 heteroatoms. The Labute approximate surface area is 125 Å². The van der Waals surface area contributed by atoms with Crippen LogP contribution < -0.4 is 0 Å². The highest BCUT2D eigenvalue weighted by Gasteiger charge is 2.24. The van der Waals surface area contributed by atoms with Gasteiger partial charge in [-0.2, -0.15) is 5.26 Å². The summed E-state index contributed by atoms with van der Waals surface area (Å²) >= 11 is 0. The van der Waals surface area contributed by atoms with Crippen LogP contribution >= 0.6 is 0 Å². The van der Waals surface area contributed by atoms with E-state index >= 15 is 0 Å². The van der Waals surface area contributed by atoms with Crippen LogP contribution in [-0.4, -0.2) is 0 Å². The number of rotatable bonds is 6. The summed E-state index contributed by atoms with van der Waals surface area (Å²) in [7, 11) is 0. The van der Waals surface area contributed by atoms with E-state index in [0.29, 0.717) is 5.92 Å². The standard InChI is InChI=1S/C19H31N/c1-2-3-4-16-5-7-17(8-6-16)9-10-18-11-13-19(15-20)14-12-18/h2,16-19H,1,3-14H2/t16-,17-,18?,19?. The Hall–Kier alpha value is -0.770. The second kappa shape index (κ2) is 8.50. The molecule has 1 nitrogen and oxygen atoms in total. The van der Waals surface area contributed by atoms with E-state index in [9.17, 15) is 0 Å². The average Bonchev–Trinajstić information content (AvgIpc) is 2.52. The van der Waals surface area contributed by atoms with Crippen molar-refractivity contribution in [2.75, 3.05) is 0 Å². The molecule has 2 saturated carbocycles. The molecule has 0 heterocycles. The average molecular weight is 273 g/mol. The maximum absolute atomic E-state index is 8.94. The first-order chi connectivity index (χ1) is 9.81. The lowest BCUT2D eigenvalue weighted by Crippen LogP contribution is -2.17. The molecule has 0 saturated heterocycles. The van der Waals surface area contributed by atoms with Gasteiger partial charge < -0.3 is 0 Å². The van der Waals surface area contributed by atoms with Crippen LogP contribution in [-0.2, 0) is 0 Å². The molecule has 0 aromatic carbocycles. The van der Waals surface area contributed by atoms with E-state index in [-0.39, 0.29) is 0 Å². The number of nitrogens with zero attached hydrogens (tertiary/aromatic N) is 1. The summed E-state index contributed by atoms with van der Waals surface area (Å²) in [5, 5.41) is 8.94. The summed E-state index contributed by atoms with van der Waals surface area (Å²) < 4.78 is 0. The van der Waals surface area contributed by atoms with Crippen molar-refractivity contribution in [1.82, 2.24) is 0 Å². The van der Waals surface area contributed by atoms with Crippen LogP contribution in [0.4, 0.5) is 0 Å². The molecule has 0 aromatic rings. The Kier molecular flexibility index (Phi) is 6.64. The number of hydrogen-bond donors (Lipinski definition) is 0. The second-order valence-corrected chi connectivity index (χ2v) is 7.18. The minimum atomic E-state index is 0.367. The van der Waals surface area contributed by atoms with Gasteiger partial charge in [-0.3, -0.25) is 0 Å². The fourth-order valence-electron chi connectivity index (χ4n) is 4.21. The normalized spacial score (nSPS) is 34.4. The highest BCUT2D eigenvalue weighted by molar-refractivity contribution is 4.87. The molecule has 0 atom stereocenters. The minimum absolute atomic E-state index is 0.367. The molecule has 0 aliphatic heterocycles. The molecule has 0 N–H and O–H groups in total. The van der Waals surface area contributed by atoms with Crippen molar-refractivity contribution in [2.24, 2.45) is 23.7 Å². The van der Waals surface area contributed by atoms with Crippen molar-refractivity contribution < 1.29 is 0 Å². The largest absolute Gasteiger partial charge is 0.198 e. The van der Waals surface area contributed by atoms with Gasteiger partial charge in [-0.25, -0.2) is 0 Å². The van der Waals surface area contributed by atoms with Crippen LogP contribution in [0.1, 0.15) is 77.0 Å². The van der Waals surface area contributed by atoms with Gasteiger partial charge >= 0.3 is 0 Å². The molecule has 2 rings (SSSR count). The molecule has 0 bridgehead atoms. The number of allylic oxidation sites excluding steroid dienone is 1. The summed E-state index contributed by atoms with van der Waals surface area (Å²) in [6, 6.07) is 2.44. The molecule has 0 radical (unpaired) electrons. The maximum Gasteiger partial charge on any atom is 0.0655 e. The second-order valence-electron chi connectivity index (χ2n) is 7.18. The van der Waals surface area contributed by atoms with Crippen LogP contribution in [0.5, 0.6) is 0 Å². The van der Waals surface area contributed by atoms with Gasteiger partial charge in [0.15, 0.2) is 0 Å². The van der Waals surface area contributed by atoms with Crippen molar-refractivity contribution in [3.05, 3.63) is 12.7 Å². The van der Waals surface area contributed by atoms with E-state index in [1.54, 1.807) is 0 Å². The molecule has 0 spiro atoms. The van der Waals surface area contributed by atoms with Gasteiger partial charge in [-0.1, -0.05) is 44.6 Å². The van der Waals surface area contributed by atoms with E-state index in [4.69, 9.17) is 5.26 Å². The van der Waals surface area contributed by atoms with Gasteiger partial charge in [0.1, 0.15) is 0 Å². The summed E-state index contributed by atoms with van der Waals surface area (Å²) in [5.41, 5.74) is 0. The highest BCUT2D eigenvalue weighted by atomic mass is 14.3. The van der Waals surface area contributed by atoms with Crippen molar-refractivity contribution >= 4 is 0 Å². The van der Waals surface area contributed by atoms with Crippen LogP contribution in [0.3, 0.4) is 0 Å². The first-order valence-corrected chi connectivity index (χ1v) is 8.82. The SMILES string of the molecule is C=CCC[C@H]1CC[C@H](CCC2CCC(C#N)CC2)CC1. The lowest BCUT2D eigenvalue weighted by atomic mass is 9.75. The third-order valence-corrected chi connectivity index (χ3v) is 5.76. The number of hydrogen-bond acceptors (Lipinski definition) is 1. The third-order valence-electron chi connectivity index (χ3n) is 5.76. The van der Waals surface area contributed by atoms with Gasteiger partial charge in [-0.05, 0) is 56.3 Å². The minimum Gasteiger partial charge on any atom is -0.198 e. The zero-order valence-electron chi connectivity index (χ0n) is 13.0. The molecule has 0 aromatic heterocycles. The van der Waals surface area contributed by atoms with Crippen molar-refractivity contribution in [1.29, 1.82) is 5.26 Å². The molecular formula is C19H31N.